The first-order valence-corrected chi connectivity index (χ1v) is 8.77. The minimum atomic E-state index is -0.448. The molecule has 0 unspecified atom stereocenters. The van der Waals surface area contributed by atoms with Gasteiger partial charge in [-0.15, -0.1) is 0 Å². The van der Waals surface area contributed by atoms with Gasteiger partial charge in [0.2, 0.25) is 5.91 Å². The summed E-state index contributed by atoms with van der Waals surface area (Å²) in [4.78, 5) is 40.7. The minimum absolute atomic E-state index is 0.00322. The molecule has 0 aliphatic carbocycles. The second-order valence-corrected chi connectivity index (χ2v) is 6.57. The van der Waals surface area contributed by atoms with Crippen molar-refractivity contribution in [2.45, 2.75) is 58.5 Å². The van der Waals surface area contributed by atoms with E-state index in [0.29, 0.717) is 0 Å². The number of carbonyl (C=O) groups is 1. The van der Waals surface area contributed by atoms with E-state index in [1.165, 1.54) is 41.8 Å². The number of amides is 1. The number of unbranched alkanes of at least 4 members (excludes halogenated alkanes) is 3. The Hall–Kier alpha value is -2.38. The summed E-state index contributed by atoms with van der Waals surface area (Å²) in [6, 6.07) is 0.0892. The van der Waals surface area contributed by atoms with Gasteiger partial charge in [-0.1, -0.05) is 32.6 Å². The molecule has 0 aromatic carbocycles. The van der Waals surface area contributed by atoms with Crippen LogP contribution in [0.25, 0.3) is 11.2 Å². The molecule has 2 heterocycles. The molecule has 0 saturated heterocycles. The molecule has 0 bridgehead atoms. The molecular formula is C17H27N5O3. The van der Waals surface area contributed by atoms with Crippen LogP contribution in [0.4, 0.5) is 0 Å². The van der Waals surface area contributed by atoms with Crippen molar-refractivity contribution in [1.82, 2.24) is 24.0 Å². The lowest BCUT2D eigenvalue weighted by Gasteiger charge is -2.14. The van der Waals surface area contributed by atoms with Crippen LogP contribution in [0.3, 0.4) is 0 Å². The standard InChI is InChI=1S/C17H27N5O3/c1-5-6-7-8-9-12(2)19-13(23)10-22-11-18-15-14(22)16(24)21(4)17(25)20(15)3/h11-12H,5-10H2,1-4H3,(H,19,23)/t12-/m1/s1. The summed E-state index contributed by atoms with van der Waals surface area (Å²) in [7, 11) is 2.97. The Kier molecular flexibility index (Phi) is 6.17. The molecule has 2 rings (SSSR count). The summed E-state index contributed by atoms with van der Waals surface area (Å²) >= 11 is 0. The van der Waals surface area contributed by atoms with Crippen molar-refractivity contribution in [3.05, 3.63) is 27.2 Å². The summed E-state index contributed by atoms with van der Waals surface area (Å²) in [6.07, 6.45) is 7.03. The fraction of sp³-hybridized carbons (Fsp3) is 0.647. The molecule has 1 N–H and O–H groups in total. The number of carbonyl (C=O) groups excluding carboxylic acids is 1. The van der Waals surface area contributed by atoms with E-state index in [1.54, 1.807) is 7.05 Å². The van der Waals surface area contributed by atoms with E-state index in [1.807, 2.05) is 6.92 Å². The summed E-state index contributed by atoms with van der Waals surface area (Å²) in [5.74, 6) is -0.168. The van der Waals surface area contributed by atoms with Crippen molar-refractivity contribution in [2.24, 2.45) is 14.1 Å². The van der Waals surface area contributed by atoms with Crippen molar-refractivity contribution in [2.75, 3.05) is 0 Å². The van der Waals surface area contributed by atoms with Crippen LogP contribution in [0.15, 0.2) is 15.9 Å². The SMILES string of the molecule is CCCCCC[C@@H](C)NC(=O)Cn1cnc2c1c(=O)n(C)c(=O)n2C. The van der Waals surface area contributed by atoms with Crippen LogP contribution < -0.4 is 16.6 Å². The van der Waals surface area contributed by atoms with Crippen molar-refractivity contribution >= 4 is 17.1 Å². The average molecular weight is 349 g/mol. The molecule has 25 heavy (non-hydrogen) atoms. The summed E-state index contributed by atoms with van der Waals surface area (Å²) in [5.41, 5.74) is -0.340. The molecule has 8 nitrogen and oxygen atoms in total. The molecule has 8 heteroatoms. The average Bonchev–Trinajstić information content (AvgIpc) is 2.98. The van der Waals surface area contributed by atoms with Gasteiger partial charge in [-0.2, -0.15) is 0 Å². The van der Waals surface area contributed by atoms with Gasteiger partial charge < -0.3 is 9.88 Å². The molecule has 0 spiro atoms. The molecule has 0 saturated carbocycles. The van der Waals surface area contributed by atoms with Gasteiger partial charge in [0.15, 0.2) is 11.2 Å². The fourth-order valence-electron chi connectivity index (χ4n) is 2.94. The van der Waals surface area contributed by atoms with E-state index in [0.717, 1.165) is 17.4 Å². The van der Waals surface area contributed by atoms with E-state index < -0.39 is 11.2 Å². The first-order valence-electron chi connectivity index (χ1n) is 8.77. The first-order chi connectivity index (χ1) is 11.9. The van der Waals surface area contributed by atoms with Gasteiger partial charge in [-0.25, -0.2) is 9.78 Å². The van der Waals surface area contributed by atoms with Gasteiger partial charge in [-0.05, 0) is 13.3 Å². The quantitative estimate of drug-likeness (QED) is 0.717. The van der Waals surface area contributed by atoms with Crippen LogP contribution in [0.2, 0.25) is 0 Å². The first kappa shape index (κ1) is 19.0. The van der Waals surface area contributed by atoms with Gasteiger partial charge in [0.25, 0.3) is 5.56 Å². The number of nitrogens with one attached hydrogen (secondary N) is 1. The molecule has 1 atom stereocenters. The molecule has 1 amide bonds. The Morgan fingerprint density at radius 1 is 1.20 bits per heavy atom. The highest BCUT2D eigenvalue weighted by atomic mass is 16.2. The third-order valence-electron chi connectivity index (χ3n) is 4.43. The summed E-state index contributed by atoms with van der Waals surface area (Å²) in [6.45, 7) is 4.16. The number of aryl methyl sites for hydroxylation is 1. The Morgan fingerprint density at radius 3 is 2.60 bits per heavy atom. The zero-order valence-electron chi connectivity index (χ0n) is 15.4. The van der Waals surface area contributed by atoms with Crippen molar-refractivity contribution in [1.29, 1.82) is 0 Å². The number of hydrogen-bond acceptors (Lipinski definition) is 4. The highest BCUT2D eigenvalue weighted by molar-refractivity contribution is 5.79. The van der Waals surface area contributed by atoms with Crippen LogP contribution in [0.1, 0.15) is 46.0 Å². The van der Waals surface area contributed by atoms with Crippen molar-refractivity contribution in [3.8, 4) is 0 Å². The van der Waals surface area contributed by atoms with Crippen molar-refractivity contribution < 1.29 is 4.79 Å². The number of aromatic nitrogens is 4. The fourth-order valence-corrected chi connectivity index (χ4v) is 2.94. The van der Waals surface area contributed by atoms with Crippen LogP contribution >= 0.6 is 0 Å². The lowest BCUT2D eigenvalue weighted by molar-refractivity contribution is -0.122. The van der Waals surface area contributed by atoms with Gasteiger partial charge in [0.05, 0.1) is 6.33 Å². The van der Waals surface area contributed by atoms with Crippen LogP contribution in [-0.2, 0) is 25.4 Å². The van der Waals surface area contributed by atoms with Gasteiger partial charge in [0, 0.05) is 20.1 Å². The molecule has 2 aromatic heterocycles. The Morgan fingerprint density at radius 2 is 1.92 bits per heavy atom. The molecule has 138 valence electrons. The second kappa shape index (κ2) is 8.13. The van der Waals surface area contributed by atoms with E-state index in [2.05, 4.69) is 17.2 Å². The van der Waals surface area contributed by atoms with E-state index in [-0.39, 0.29) is 29.7 Å². The Labute approximate surface area is 146 Å². The third-order valence-corrected chi connectivity index (χ3v) is 4.43. The van der Waals surface area contributed by atoms with Gasteiger partial charge in [-0.3, -0.25) is 18.7 Å². The molecule has 0 aliphatic rings. The Balaban J connectivity index is 2.09. The molecule has 0 radical (unpaired) electrons. The zero-order valence-corrected chi connectivity index (χ0v) is 15.4. The third kappa shape index (κ3) is 4.18. The van der Waals surface area contributed by atoms with E-state index in [4.69, 9.17) is 0 Å². The predicted molar refractivity (Wildman–Crippen MR) is 96.6 cm³/mol. The van der Waals surface area contributed by atoms with Crippen LogP contribution in [0, 0.1) is 0 Å². The molecule has 0 fully saturated rings. The lowest BCUT2D eigenvalue weighted by atomic mass is 10.1. The van der Waals surface area contributed by atoms with Gasteiger partial charge in [0.1, 0.15) is 6.54 Å². The number of nitrogens with zero attached hydrogens (tertiary/aromatic N) is 4. The topological polar surface area (TPSA) is 90.9 Å². The maximum atomic E-state index is 12.3. The van der Waals surface area contributed by atoms with Crippen LogP contribution in [-0.4, -0.2) is 30.6 Å². The molecule has 2 aromatic rings. The largest absolute Gasteiger partial charge is 0.352 e. The Bertz CT molecular complexity index is 862. The maximum Gasteiger partial charge on any atom is 0.332 e. The smallest absolute Gasteiger partial charge is 0.332 e. The van der Waals surface area contributed by atoms with Gasteiger partial charge >= 0.3 is 5.69 Å². The van der Waals surface area contributed by atoms with Crippen molar-refractivity contribution in [3.63, 3.8) is 0 Å². The number of imidazole rings is 1. The predicted octanol–water partition coefficient (Wildman–Crippen LogP) is 0.909. The number of rotatable bonds is 8. The second-order valence-electron chi connectivity index (χ2n) is 6.57. The monoisotopic (exact) mass is 349 g/mol. The highest BCUT2D eigenvalue weighted by Gasteiger charge is 2.16. The maximum absolute atomic E-state index is 12.3. The molecular weight excluding hydrogens is 322 g/mol. The summed E-state index contributed by atoms with van der Waals surface area (Å²) in [5, 5.41) is 2.95. The minimum Gasteiger partial charge on any atom is -0.352 e. The highest BCUT2D eigenvalue weighted by Crippen LogP contribution is 2.07. The van der Waals surface area contributed by atoms with E-state index in [9.17, 15) is 14.4 Å². The van der Waals surface area contributed by atoms with Crippen LogP contribution in [0.5, 0.6) is 0 Å². The summed E-state index contributed by atoms with van der Waals surface area (Å²) < 4.78 is 3.83. The molecule has 0 aliphatic heterocycles. The normalized spacial score (nSPS) is 12.5. The number of hydrogen-bond donors (Lipinski definition) is 1. The zero-order chi connectivity index (χ0) is 18.6. The van der Waals surface area contributed by atoms with E-state index >= 15 is 0 Å². The lowest BCUT2D eigenvalue weighted by Crippen LogP contribution is -2.38. The number of fused-ring (bicyclic) bond motifs is 1.